The van der Waals surface area contributed by atoms with Crippen molar-refractivity contribution in [1.29, 1.82) is 0 Å². The summed E-state index contributed by atoms with van der Waals surface area (Å²) in [5.41, 5.74) is 0.345. The van der Waals surface area contributed by atoms with Gasteiger partial charge in [-0.3, -0.25) is 14.3 Å². The second kappa shape index (κ2) is 8.87. The van der Waals surface area contributed by atoms with E-state index in [0.717, 1.165) is 11.6 Å². The van der Waals surface area contributed by atoms with Crippen LogP contribution >= 0.6 is 0 Å². The lowest BCUT2D eigenvalue weighted by molar-refractivity contribution is 0.0783. The fourth-order valence-electron chi connectivity index (χ4n) is 3.41. The largest absolute Gasteiger partial charge is 0.360 e. The molecule has 0 bridgehead atoms. The van der Waals surface area contributed by atoms with Crippen molar-refractivity contribution in [3.8, 4) is 0 Å². The van der Waals surface area contributed by atoms with Crippen LogP contribution in [0.4, 0.5) is 10.1 Å². The molecule has 0 aliphatic carbocycles. The number of anilines is 1. The van der Waals surface area contributed by atoms with E-state index in [2.05, 4.69) is 9.71 Å². The van der Waals surface area contributed by atoms with Gasteiger partial charge in [-0.1, -0.05) is 42.5 Å². The lowest BCUT2D eigenvalue weighted by Gasteiger charge is -2.17. The number of sulfonamides is 1. The van der Waals surface area contributed by atoms with Gasteiger partial charge < -0.3 is 9.88 Å². The Morgan fingerprint density at radius 3 is 2.45 bits per heavy atom. The number of amides is 1. The number of nitrogens with zero attached hydrogens (tertiary/aromatic N) is 1. The zero-order valence-corrected chi connectivity index (χ0v) is 18.4. The highest BCUT2D eigenvalue weighted by atomic mass is 32.2. The van der Waals surface area contributed by atoms with E-state index in [0.29, 0.717) is 12.1 Å². The number of hydrogen-bond acceptors (Lipinski definition) is 4. The summed E-state index contributed by atoms with van der Waals surface area (Å²) in [6, 6.07) is 18.6. The van der Waals surface area contributed by atoms with E-state index in [4.69, 9.17) is 0 Å². The van der Waals surface area contributed by atoms with Crippen molar-refractivity contribution >= 4 is 32.5 Å². The van der Waals surface area contributed by atoms with Gasteiger partial charge in [-0.15, -0.1) is 0 Å². The van der Waals surface area contributed by atoms with Gasteiger partial charge in [-0.05, 0) is 35.9 Å². The highest BCUT2D eigenvalue weighted by Crippen LogP contribution is 2.21. The van der Waals surface area contributed by atoms with Gasteiger partial charge in [0.2, 0.25) is 5.43 Å². The van der Waals surface area contributed by atoms with Gasteiger partial charge in [0.05, 0.1) is 10.6 Å². The molecular formula is C24H20FN3O4S. The second-order valence-electron chi connectivity index (χ2n) is 7.47. The standard InChI is InChI=1S/C24H20FN3O4S/c1-28(15-16-7-3-2-4-8-16)24(30)19-14-26-21-12-11-17(13-18(21)23(19)29)33(31,32)27-22-10-6-5-9-20(22)25/h2-14,27H,15H2,1H3,(H,26,29). The molecule has 4 aromatic rings. The number of hydrogen-bond donors (Lipinski definition) is 2. The van der Waals surface area contributed by atoms with Crippen LogP contribution in [0.25, 0.3) is 10.9 Å². The van der Waals surface area contributed by atoms with Crippen LogP contribution in [-0.2, 0) is 16.6 Å². The van der Waals surface area contributed by atoms with Crippen LogP contribution in [0.5, 0.6) is 0 Å². The van der Waals surface area contributed by atoms with E-state index in [1.165, 1.54) is 47.5 Å². The molecule has 3 aromatic carbocycles. The van der Waals surface area contributed by atoms with Gasteiger partial charge in [0.25, 0.3) is 15.9 Å². The highest BCUT2D eigenvalue weighted by molar-refractivity contribution is 7.92. The Kier molecular flexibility index (Phi) is 5.97. The molecule has 0 unspecified atom stereocenters. The fourth-order valence-corrected chi connectivity index (χ4v) is 4.50. The maximum Gasteiger partial charge on any atom is 0.262 e. The Morgan fingerprint density at radius 1 is 1.03 bits per heavy atom. The zero-order chi connectivity index (χ0) is 23.6. The van der Waals surface area contributed by atoms with Gasteiger partial charge in [-0.2, -0.15) is 0 Å². The quantitative estimate of drug-likeness (QED) is 0.453. The average molecular weight is 466 g/mol. The van der Waals surface area contributed by atoms with Crippen molar-refractivity contribution in [3.05, 3.63) is 106 Å². The van der Waals surface area contributed by atoms with E-state index in [1.807, 2.05) is 30.3 Å². The lowest BCUT2D eigenvalue weighted by Crippen LogP contribution is -2.30. The highest BCUT2D eigenvalue weighted by Gasteiger charge is 2.21. The number of benzene rings is 3. The summed E-state index contributed by atoms with van der Waals surface area (Å²) in [4.78, 5) is 30.0. The number of pyridine rings is 1. The lowest BCUT2D eigenvalue weighted by atomic mass is 10.1. The van der Waals surface area contributed by atoms with Crippen LogP contribution in [0.3, 0.4) is 0 Å². The molecule has 0 aliphatic rings. The minimum absolute atomic E-state index is 0.0327. The van der Waals surface area contributed by atoms with E-state index in [-0.39, 0.29) is 21.5 Å². The third-order valence-corrected chi connectivity index (χ3v) is 6.48. The van der Waals surface area contributed by atoms with Crippen LogP contribution in [0.1, 0.15) is 15.9 Å². The van der Waals surface area contributed by atoms with Crippen molar-refractivity contribution < 1.29 is 17.6 Å². The first-order valence-corrected chi connectivity index (χ1v) is 11.5. The smallest absolute Gasteiger partial charge is 0.262 e. The number of H-pyrrole nitrogens is 1. The summed E-state index contributed by atoms with van der Waals surface area (Å²) in [7, 11) is -2.59. The number of aromatic amines is 1. The fraction of sp³-hybridized carbons (Fsp3) is 0.0833. The Bertz CT molecular complexity index is 1500. The summed E-state index contributed by atoms with van der Waals surface area (Å²) in [6.07, 6.45) is 1.32. The van der Waals surface area contributed by atoms with Gasteiger partial charge in [0.1, 0.15) is 11.4 Å². The molecule has 0 saturated heterocycles. The van der Waals surface area contributed by atoms with E-state index < -0.39 is 27.2 Å². The van der Waals surface area contributed by atoms with Crippen molar-refractivity contribution in [1.82, 2.24) is 9.88 Å². The average Bonchev–Trinajstić information content (AvgIpc) is 2.81. The molecule has 33 heavy (non-hydrogen) atoms. The zero-order valence-electron chi connectivity index (χ0n) is 17.6. The number of halogens is 1. The normalized spacial score (nSPS) is 11.3. The molecule has 2 N–H and O–H groups in total. The molecule has 0 radical (unpaired) electrons. The molecule has 0 saturated carbocycles. The van der Waals surface area contributed by atoms with Gasteiger partial charge in [0.15, 0.2) is 0 Å². The van der Waals surface area contributed by atoms with E-state index >= 15 is 0 Å². The number of carbonyl (C=O) groups is 1. The maximum atomic E-state index is 13.9. The first-order valence-electron chi connectivity index (χ1n) is 9.98. The van der Waals surface area contributed by atoms with Crippen LogP contribution in [0, 0.1) is 5.82 Å². The summed E-state index contributed by atoms with van der Waals surface area (Å²) < 4.78 is 41.6. The van der Waals surface area contributed by atoms with Crippen molar-refractivity contribution in [2.75, 3.05) is 11.8 Å². The SMILES string of the molecule is CN(Cc1ccccc1)C(=O)c1c[nH]c2ccc(S(=O)(=O)Nc3ccccc3F)cc2c1=O. The van der Waals surface area contributed by atoms with E-state index in [1.54, 1.807) is 7.05 Å². The van der Waals surface area contributed by atoms with Gasteiger partial charge in [0, 0.05) is 30.7 Å². The first kappa shape index (κ1) is 22.2. The molecule has 168 valence electrons. The van der Waals surface area contributed by atoms with Crippen LogP contribution in [0.15, 0.2) is 88.7 Å². The van der Waals surface area contributed by atoms with Gasteiger partial charge >= 0.3 is 0 Å². The number of para-hydroxylation sites is 1. The minimum Gasteiger partial charge on any atom is -0.360 e. The third-order valence-electron chi connectivity index (χ3n) is 5.12. The Morgan fingerprint density at radius 2 is 1.73 bits per heavy atom. The molecule has 1 amide bonds. The predicted molar refractivity (Wildman–Crippen MR) is 124 cm³/mol. The molecule has 0 fully saturated rings. The number of fused-ring (bicyclic) bond motifs is 1. The van der Waals surface area contributed by atoms with Gasteiger partial charge in [-0.25, -0.2) is 12.8 Å². The number of nitrogens with one attached hydrogen (secondary N) is 2. The summed E-state index contributed by atoms with van der Waals surface area (Å²) in [5.74, 6) is -1.23. The molecule has 4 rings (SSSR count). The predicted octanol–water partition coefficient (Wildman–Crippen LogP) is 3.74. The summed E-state index contributed by atoms with van der Waals surface area (Å²) in [6.45, 7) is 0.304. The minimum atomic E-state index is -4.17. The molecular weight excluding hydrogens is 445 g/mol. The molecule has 7 nitrogen and oxygen atoms in total. The van der Waals surface area contributed by atoms with Crippen LogP contribution < -0.4 is 10.2 Å². The third kappa shape index (κ3) is 4.63. The number of rotatable bonds is 6. The van der Waals surface area contributed by atoms with Crippen LogP contribution in [0.2, 0.25) is 0 Å². The van der Waals surface area contributed by atoms with Crippen molar-refractivity contribution in [2.45, 2.75) is 11.4 Å². The molecule has 9 heteroatoms. The molecule has 1 aromatic heterocycles. The molecule has 0 spiro atoms. The molecule has 0 atom stereocenters. The monoisotopic (exact) mass is 465 g/mol. The Balaban J connectivity index is 1.68. The van der Waals surface area contributed by atoms with Crippen LogP contribution in [-0.4, -0.2) is 31.3 Å². The second-order valence-corrected chi connectivity index (χ2v) is 9.15. The number of carbonyl (C=O) groups excluding carboxylic acids is 1. The summed E-state index contributed by atoms with van der Waals surface area (Å²) >= 11 is 0. The maximum absolute atomic E-state index is 13.9. The molecule has 0 aliphatic heterocycles. The number of aromatic nitrogens is 1. The van der Waals surface area contributed by atoms with Crippen molar-refractivity contribution in [2.24, 2.45) is 0 Å². The molecule has 1 heterocycles. The first-order chi connectivity index (χ1) is 15.8. The summed E-state index contributed by atoms with van der Waals surface area (Å²) in [5, 5.41) is 0.0327. The Hall–Kier alpha value is -3.98. The topological polar surface area (TPSA) is 99.3 Å². The van der Waals surface area contributed by atoms with E-state index in [9.17, 15) is 22.4 Å². The Labute approximate surface area is 189 Å². The van der Waals surface area contributed by atoms with Crippen molar-refractivity contribution in [3.63, 3.8) is 0 Å².